The van der Waals surface area contributed by atoms with Crippen LogP contribution in [-0.2, 0) is 0 Å². The quantitative estimate of drug-likeness (QED) is 0.919. The van der Waals surface area contributed by atoms with Crippen LogP contribution in [0, 0.1) is 5.92 Å². The number of nitrogens with two attached hydrogens (primary N) is 1. The monoisotopic (exact) mass is 286 g/mol. The zero-order valence-corrected chi connectivity index (χ0v) is 12.4. The van der Waals surface area contributed by atoms with Crippen molar-refractivity contribution in [3.05, 3.63) is 36.2 Å². The summed E-state index contributed by atoms with van der Waals surface area (Å²) in [6.45, 7) is 5.33. The molecule has 3 rings (SSSR count). The normalized spacial score (nSPS) is 18.8. The zero-order chi connectivity index (χ0) is 14.7. The molecule has 2 heterocycles. The number of hydrogen-bond donors (Lipinski definition) is 1. The van der Waals surface area contributed by atoms with Gasteiger partial charge in [0.1, 0.15) is 6.33 Å². The van der Waals surface area contributed by atoms with Crippen LogP contribution >= 0.6 is 0 Å². The highest BCUT2D eigenvalue weighted by Crippen LogP contribution is 2.27. The summed E-state index contributed by atoms with van der Waals surface area (Å²) in [5.41, 5.74) is 8.07. The van der Waals surface area contributed by atoms with E-state index in [-0.39, 0.29) is 0 Å². The average Bonchev–Trinajstić information content (AvgIpc) is 3.09. The van der Waals surface area contributed by atoms with Crippen LogP contribution in [0.1, 0.15) is 31.4 Å². The smallest absolute Gasteiger partial charge is 0.143 e. The molecule has 112 valence electrons. The van der Waals surface area contributed by atoms with E-state index in [9.17, 15) is 0 Å². The van der Waals surface area contributed by atoms with Crippen molar-refractivity contribution < 1.29 is 0 Å². The molecule has 2 N–H and O–H groups in total. The Morgan fingerprint density at radius 1 is 1.33 bits per heavy atom. The van der Waals surface area contributed by atoms with Gasteiger partial charge in [-0.25, -0.2) is 4.68 Å². The highest BCUT2D eigenvalue weighted by atomic mass is 15.5. The van der Waals surface area contributed by atoms with E-state index in [1.165, 1.54) is 18.4 Å². The van der Waals surface area contributed by atoms with Crippen LogP contribution in [0.15, 0.2) is 30.6 Å². The van der Waals surface area contributed by atoms with Crippen molar-refractivity contribution in [2.75, 3.05) is 19.6 Å². The topological polar surface area (TPSA) is 72.9 Å². The van der Waals surface area contributed by atoms with Crippen LogP contribution in [0.4, 0.5) is 0 Å². The summed E-state index contributed by atoms with van der Waals surface area (Å²) in [5, 5.41) is 11.3. The van der Waals surface area contributed by atoms with Gasteiger partial charge in [0.15, 0.2) is 0 Å². The SMILES string of the molecule is CC(c1cccc(-n2cnnn2)c1)N1CCC(CN)CC1. The molecule has 1 aliphatic rings. The van der Waals surface area contributed by atoms with Crippen molar-refractivity contribution in [2.24, 2.45) is 11.7 Å². The van der Waals surface area contributed by atoms with Gasteiger partial charge in [0.2, 0.25) is 0 Å². The van der Waals surface area contributed by atoms with E-state index in [1.807, 2.05) is 6.07 Å². The molecule has 1 saturated heterocycles. The molecule has 1 aromatic heterocycles. The number of nitrogens with zero attached hydrogens (tertiary/aromatic N) is 5. The number of tetrazole rings is 1. The van der Waals surface area contributed by atoms with E-state index < -0.39 is 0 Å². The van der Waals surface area contributed by atoms with Crippen molar-refractivity contribution >= 4 is 0 Å². The lowest BCUT2D eigenvalue weighted by Crippen LogP contribution is -2.37. The first kappa shape index (κ1) is 14.2. The van der Waals surface area contributed by atoms with E-state index >= 15 is 0 Å². The first-order valence-electron chi connectivity index (χ1n) is 7.55. The van der Waals surface area contributed by atoms with Crippen LogP contribution in [0.5, 0.6) is 0 Å². The van der Waals surface area contributed by atoms with E-state index in [4.69, 9.17) is 5.73 Å². The Balaban J connectivity index is 1.73. The Labute approximate surface area is 124 Å². The molecule has 1 aromatic carbocycles. The fraction of sp³-hybridized carbons (Fsp3) is 0.533. The molecule has 1 unspecified atom stereocenters. The highest BCUT2D eigenvalue weighted by Gasteiger charge is 2.22. The molecule has 2 aromatic rings. The molecule has 0 saturated carbocycles. The van der Waals surface area contributed by atoms with Gasteiger partial charge in [0.05, 0.1) is 5.69 Å². The van der Waals surface area contributed by atoms with Crippen LogP contribution < -0.4 is 5.73 Å². The third-order valence-electron chi connectivity index (χ3n) is 4.50. The number of benzene rings is 1. The van der Waals surface area contributed by atoms with Crippen molar-refractivity contribution in [3.8, 4) is 5.69 Å². The fourth-order valence-electron chi connectivity index (χ4n) is 2.99. The second kappa shape index (κ2) is 6.32. The van der Waals surface area contributed by atoms with Crippen LogP contribution in [-0.4, -0.2) is 44.7 Å². The van der Waals surface area contributed by atoms with Crippen molar-refractivity contribution in [3.63, 3.8) is 0 Å². The van der Waals surface area contributed by atoms with Crippen molar-refractivity contribution in [1.29, 1.82) is 0 Å². The number of piperidine rings is 1. The summed E-state index contributed by atoms with van der Waals surface area (Å²) < 4.78 is 1.69. The van der Waals surface area contributed by atoms with Crippen molar-refractivity contribution in [2.45, 2.75) is 25.8 Å². The lowest BCUT2D eigenvalue weighted by atomic mass is 9.95. The summed E-state index contributed by atoms with van der Waals surface area (Å²) in [6.07, 6.45) is 4.03. The highest BCUT2D eigenvalue weighted by molar-refractivity contribution is 5.35. The minimum Gasteiger partial charge on any atom is -0.330 e. The first-order chi connectivity index (χ1) is 10.3. The van der Waals surface area contributed by atoms with Crippen LogP contribution in [0.25, 0.3) is 5.69 Å². The summed E-state index contributed by atoms with van der Waals surface area (Å²) >= 11 is 0. The molecule has 6 heteroatoms. The minimum absolute atomic E-state index is 0.403. The average molecular weight is 286 g/mol. The van der Waals surface area contributed by atoms with Gasteiger partial charge >= 0.3 is 0 Å². The summed E-state index contributed by atoms with van der Waals surface area (Å²) in [4.78, 5) is 2.53. The third-order valence-corrected chi connectivity index (χ3v) is 4.50. The second-order valence-corrected chi connectivity index (χ2v) is 5.74. The van der Waals surface area contributed by atoms with E-state index in [2.05, 4.69) is 45.5 Å². The third kappa shape index (κ3) is 3.11. The second-order valence-electron chi connectivity index (χ2n) is 5.74. The Bertz CT molecular complexity index is 559. The largest absolute Gasteiger partial charge is 0.330 e. The molecular weight excluding hydrogens is 264 g/mol. The molecule has 0 spiro atoms. The summed E-state index contributed by atoms with van der Waals surface area (Å²) in [5.74, 6) is 0.695. The number of likely N-dealkylation sites (tertiary alicyclic amines) is 1. The van der Waals surface area contributed by atoms with Gasteiger partial charge in [-0.05, 0) is 73.4 Å². The van der Waals surface area contributed by atoms with Gasteiger partial charge in [0.25, 0.3) is 0 Å². The summed E-state index contributed by atoms with van der Waals surface area (Å²) in [6, 6.07) is 8.83. The van der Waals surface area contributed by atoms with Gasteiger partial charge in [0, 0.05) is 6.04 Å². The van der Waals surface area contributed by atoms with Gasteiger partial charge in [-0.1, -0.05) is 12.1 Å². The molecule has 0 bridgehead atoms. The van der Waals surface area contributed by atoms with Gasteiger partial charge in [-0.2, -0.15) is 0 Å². The first-order valence-corrected chi connectivity index (χ1v) is 7.55. The van der Waals surface area contributed by atoms with E-state index in [0.717, 1.165) is 25.3 Å². The van der Waals surface area contributed by atoms with Crippen LogP contribution in [0.2, 0.25) is 0 Å². The summed E-state index contributed by atoms with van der Waals surface area (Å²) in [7, 11) is 0. The Morgan fingerprint density at radius 3 is 2.81 bits per heavy atom. The lowest BCUT2D eigenvalue weighted by molar-refractivity contribution is 0.143. The lowest BCUT2D eigenvalue weighted by Gasteiger charge is -2.36. The molecule has 0 aliphatic carbocycles. The number of hydrogen-bond acceptors (Lipinski definition) is 5. The number of rotatable bonds is 4. The fourth-order valence-corrected chi connectivity index (χ4v) is 2.99. The number of aromatic nitrogens is 4. The van der Waals surface area contributed by atoms with Crippen LogP contribution in [0.3, 0.4) is 0 Å². The molecule has 0 radical (unpaired) electrons. The molecule has 1 fully saturated rings. The predicted octanol–water partition coefficient (Wildman–Crippen LogP) is 1.39. The molecule has 6 nitrogen and oxygen atoms in total. The molecule has 1 aliphatic heterocycles. The Kier molecular flexibility index (Phi) is 4.26. The molecule has 21 heavy (non-hydrogen) atoms. The molecule has 0 amide bonds. The minimum atomic E-state index is 0.403. The van der Waals surface area contributed by atoms with Crippen molar-refractivity contribution in [1.82, 2.24) is 25.1 Å². The Hall–Kier alpha value is -1.79. The van der Waals surface area contributed by atoms with E-state index in [1.54, 1.807) is 11.0 Å². The maximum Gasteiger partial charge on any atom is 0.143 e. The molecule has 1 atom stereocenters. The maximum atomic E-state index is 5.77. The Morgan fingerprint density at radius 2 is 2.14 bits per heavy atom. The van der Waals surface area contributed by atoms with Gasteiger partial charge in [-0.15, -0.1) is 5.10 Å². The standard InChI is InChI=1S/C15H22N6/c1-12(20-7-5-13(10-16)6-8-20)14-3-2-4-15(9-14)21-11-17-18-19-21/h2-4,9,11-13H,5-8,10,16H2,1H3. The zero-order valence-electron chi connectivity index (χ0n) is 12.4. The van der Waals surface area contributed by atoms with Gasteiger partial charge < -0.3 is 5.73 Å². The maximum absolute atomic E-state index is 5.77. The van der Waals surface area contributed by atoms with E-state index in [0.29, 0.717) is 12.0 Å². The molecular formula is C15H22N6. The predicted molar refractivity (Wildman–Crippen MR) is 80.9 cm³/mol. The van der Waals surface area contributed by atoms with Gasteiger partial charge in [-0.3, -0.25) is 4.90 Å².